The van der Waals surface area contributed by atoms with Crippen molar-refractivity contribution in [1.82, 2.24) is 10.1 Å². The molecule has 5 heteroatoms. The first-order valence-corrected chi connectivity index (χ1v) is 4.98. The lowest BCUT2D eigenvalue weighted by atomic mass is 10.1. The van der Waals surface area contributed by atoms with E-state index in [1.807, 2.05) is 0 Å². The Morgan fingerprint density at radius 2 is 2.19 bits per heavy atom. The third-order valence-corrected chi connectivity index (χ3v) is 2.19. The minimum atomic E-state index is -0.280. The summed E-state index contributed by atoms with van der Waals surface area (Å²) >= 11 is 0. The molecule has 0 aliphatic carbocycles. The van der Waals surface area contributed by atoms with Gasteiger partial charge in [0.2, 0.25) is 5.89 Å². The van der Waals surface area contributed by atoms with Crippen LogP contribution in [0.4, 0.5) is 4.39 Å². The summed E-state index contributed by atoms with van der Waals surface area (Å²) in [4.78, 5) is 4.08. The summed E-state index contributed by atoms with van der Waals surface area (Å²) in [5.74, 6) is 0.534. The van der Waals surface area contributed by atoms with Crippen LogP contribution in [-0.4, -0.2) is 10.1 Å². The molecule has 4 nitrogen and oxygen atoms in total. The van der Waals surface area contributed by atoms with Gasteiger partial charge in [0.05, 0.1) is 12.5 Å². The zero-order chi connectivity index (χ0) is 11.5. The molecule has 0 spiro atoms. The molecule has 16 heavy (non-hydrogen) atoms. The average molecular weight is 221 g/mol. The van der Waals surface area contributed by atoms with Crippen LogP contribution in [0.3, 0.4) is 0 Å². The van der Waals surface area contributed by atoms with E-state index in [0.29, 0.717) is 17.3 Å². The average Bonchev–Trinajstić information content (AvgIpc) is 2.70. The van der Waals surface area contributed by atoms with Gasteiger partial charge >= 0.3 is 0 Å². The van der Waals surface area contributed by atoms with Crippen LogP contribution in [0.25, 0.3) is 0 Å². The topological polar surface area (TPSA) is 64.9 Å². The van der Waals surface area contributed by atoms with Gasteiger partial charge in [-0.1, -0.05) is 23.4 Å². The van der Waals surface area contributed by atoms with Gasteiger partial charge in [-0.3, -0.25) is 0 Å². The summed E-state index contributed by atoms with van der Waals surface area (Å²) in [5.41, 5.74) is 6.12. The van der Waals surface area contributed by atoms with Crippen LogP contribution in [0.2, 0.25) is 0 Å². The largest absolute Gasteiger partial charge is 0.339 e. The number of hydrogen-bond donors (Lipinski definition) is 1. The van der Waals surface area contributed by atoms with E-state index in [4.69, 9.17) is 10.3 Å². The Balaban J connectivity index is 2.18. The van der Waals surface area contributed by atoms with Gasteiger partial charge in [0, 0.05) is 0 Å². The number of rotatable bonds is 3. The van der Waals surface area contributed by atoms with E-state index in [1.165, 1.54) is 6.07 Å². The molecule has 0 saturated carbocycles. The number of benzene rings is 1. The summed E-state index contributed by atoms with van der Waals surface area (Å²) in [6, 6.07) is 6.21. The molecule has 2 aromatic rings. The fourth-order valence-corrected chi connectivity index (χ4v) is 1.33. The summed E-state index contributed by atoms with van der Waals surface area (Å²) in [6.45, 7) is 1.76. The van der Waals surface area contributed by atoms with Crippen molar-refractivity contribution >= 4 is 0 Å². The maximum Gasteiger partial charge on any atom is 0.231 e. The maximum absolute atomic E-state index is 13.3. The predicted octanol–water partition coefficient (Wildman–Crippen LogP) is 1.82. The van der Waals surface area contributed by atoms with Gasteiger partial charge in [-0.2, -0.15) is 4.98 Å². The van der Waals surface area contributed by atoms with Crippen molar-refractivity contribution in [3.63, 3.8) is 0 Å². The Bertz CT molecular complexity index is 482. The van der Waals surface area contributed by atoms with E-state index >= 15 is 0 Å². The summed E-state index contributed by atoms with van der Waals surface area (Å²) in [7, 11) is 0. The lowest BCUT2D eigenvalue weighted by Gasteiger charge is -1.97. The van der Waals surface area contributed by atoms with Gasteiger partial charge in [0.15, 0.2) is 5.82 Å². The highest BCUT2D eigenvalue weighted by molar-refractivity contribution is 5.20. The van der Waals surface area contributed by atoms with E-state index in [0.717, 1.165) is 0 Å². The van der Waals surface area contributed by atoms with Crippen molar-refractivity contribution in [3.05, 3.63) is 47.4 Å². The Morgan fingerprint density at radius 3 is 2.81 bits per heavy atom. The van der Waals surface area contributed by atoms with E-state index in [1.54, 1.807) is 25.1 Å². The first kappa shape index (κ1) is 10.8. The van der Waals surface area contributed by atoms with Gasteiger partial charge < -0.3 is 10.3 Å². The summed E-state index contributed by atoms with van der Waals surface area (Å²) < 4.78 is 18.3. The van der Waals surface area contributed by atoms with Crippen LogP contribution in [0.15, 0.2) is 28.8 Å². The maximum atomic E-state index is 13.3. The third kappa shape index (κ3) is 2.25. The smallest absolute Gasteiger partial charge is 0.231 e. The van der Waals surface area contributed by atoms with Crippen LogP contribution in [0, 0.1) is 5.82 Å². The molecule has 0 fully saturated rings. The molecule has 2 N–H and O–H groups in total. The molecule has 0 bridgehead atoms. The van der Waals surface area contributed by atoms with Crippen LogP contribution in [0.5, 0.6) is 0 Å². The van der Waals surface area contributed by atoms with Gasteiger partial charge in [0.25, 0.3) is 0 Å². The molecule has 0 amide bonds. The first-order chi connectivity index (χ1) is 7.66. The number of hydrogen-bond acceptors (Lipinski definition) is 4. The molecule has 0 saturated heterocycles. The molecule has 1 aromatic heterocycles. The van der Waals surface area contributed by atoms with Gasteiger partial charge in [-0.25, -0.2) is 4.39 Å². The zero-order valence-corrected chi connectivity index (χ0v) is 8.85. The molecule has 84 valence electrons. The molecule has 0 radical (unpaired) electrons. The monoisotopic (exact) mass is 221 g/mol. The first-order valence-electron chi connectivity index (χ1n) is 4.98. The van der Waals surface area contributed by atoms with Crippen molar-refractivity contribution in [2.24, 2.45) is 5.73 Å². The van der Waals surface area contributed by atoms with Gasteiger partial charge in [-0.15, -0.1) is 0 Å². The van der Waals surface area contributed by atoms with Crippen LogP contribution in [0.1, 0.15) is 30.2 Å². The highest BCUT2D eigenvalue weighted by Gasteiger charge is 2.11. The molecule has 1 atom stereocenters. The van der Waals surface area contributed by atoms with Gasteiger partial charge in [-0.05, 0) is 18.6 Å². The van der Waals surface area contributed by atoms with Crippen LogP contribution >= 0.6 is 0 Å². The lowest BCUT2D eigenvalue weighted by molar-refractivity contribution is 0.375. The fourth-order valence-electron chi connectivity index (χ4n) is 1.33. The zero-order valence-electron chi connectivity index (χ0n) is 8.85. The van der Waals surface area contributed by atoms with Crippen LogP contribution in [-0.2, 0) is 6.42 Å². The fraction of sp³-hybridized carbons (Fsp3) is 0.273. The summed E-state index contributed by atoms with van der Waals surface area (Å²) in [6.07, 6.45) is 0.284. The van der Waals surface area contributed by atoms with E-state index in [9.17, 15) is 4.39 Å². The standard InChI is InChI=1S/C11H12FN3O/c1-7(13)11-14-10(16-15-11)6-8-4-2-3-5-9(8)12/h2-5,7H,6,13H2,1H3. The number of halogens is 1. The molecule has 1 aromatic carbocycles. The van der Waals surface area contributed by atoms with E-state index in [2.05, 4.69) is 10.1 Å². The molecule has 2 rings (SSSR count). The Labute approximate surface area is 92.3 Å². The minimum absolute atomic E-state index is 0.275. The number of nitrogens with zero attached hydrogens (tertiary/aromatic N) is 2. The molecule has 0 aliphatic heterocycles. The second-order valence-electron chi connectivity index (χ2n) is 3.60. The second kappa shape index (κ2) is 4.40. The van der Waals surface area contributed by atoms with Crippen molar-refractivity contribution < 1.29 is 8.91 Å². The number of aromatic nitrogens is 2. The normalized spacial score (nSPS) is 12.7. The number of nitrogens with two attached hydrogens (primary N) is 1. The Morgan fingerprint density at radius 1 is 1.44 bits per heavy atom. The molecule has 1 unspecified atom stereocenters. The molecular weight excluding hydrogens is 209 g/mol. The predicted molar refractivity (Wildman–Crippen MR) is 56.1 cm³/mol. The highest BCUT2D eigenvalue weighted by atomic mass is 19.1. The Kier molecular flexibility index (Phi) is 2.96. The SMILES string of the molecule is CC(N)c1noc(Cc2ccccc2F)n1. The summed E-state index contributed by atoms with van der Waals surface area (Å²) in [5, 5.41) is 3.71. The highest BCUT2D eigenvalue weighted by Crippen LogP contribution is 2.13. The van der Waals surface area contributed by atoms with Gasteiger partial charge in [0.1, 0.15) is 5.82 Å². The molecular formula is C11H12FN3O. The quantitative estimate of drug-likeness (QED) is 0.858. The van der Waals surface area contributed by atoms with Crippen LogP contribution < -0.4 is 5.73 Å². The Hall–Kier alpha value is -1.75. The van der Waals surface area contributed by atoms with Crippen molar-refractivity contribution in [1.29, 1.82) is 0 Å². The molecule has 1 heterocycles. The third-order valence-electron chi connectivity index (χ3n) is 2.19. The van der Waals surface area contributed by atoms with E-state index in [-0.39, 0.29) is 18.3 Å². The second-order valence-corrected chi connectivity index (χ2v) is 3.60. The van der Waals surface area contributed by atoms with Crippen molar-refractivity contribution in [2.45, 2.75) is 19.4 Å². The lowest BCUT2D eigenvalue weighted by Crippen LogP contribution is -2.06. The van der Waals surface area contributed by atoms with E-state index < -0.39 is 0 Å². The molecule has 0 aliphatic rings. The van der Waals surface area contributed by atoms with Crippen molar-refractivity contribution in [2.75, 3.05) is 0 Å². The minimum Gasteiger partial charge on any atom is -0.339 e. The van der Waals surface area contributed by atoms with Crippen molar-refractivity contribution in [3.8, 4) is 0 Å².